The molecule has 0 saturated carbocycles. The molecule has 8 heteroatoms. The maximum atomic E-state index is 13.4. The van der Waals surface area contributed by atoms with Gasteiger partial charge in [0.25, 0.3) is 0 Å². The number of hydrogen-bond acceptors (Lipinski definition) is 4. The van der Waals surface area contributed by atoms with Crippen molar-refractivity contribution in [2.75, 3.05) is 12.0 Å². The first kappa shape index (κ1) is 25.0. The fourth-order valence-electron chi connectivity index (χ4n) is 3.21. The zero-order valence-electron chi connectivity index (χ0n) is 18.0. The first-order valence-corrected chi connectivity index (χ1v) is 9.99. The van der Waals surface area contributed by atoms with Crippen molar-refractivity contribution in [1.82, 2.24) is 0 Å². The minimum atomic E-state index is -5.08. The van der Waals surface area contributed by atoms with E-state index in [0.717, 1.165) is 5.56 Å². The lowest BCUT2D eigenvalue weighted by Crippen LogP contribution is -2.53. The Balaban J connectivity index is 2.11. The van der Waals surface area contributed by atoms with Crippen LogP contribution in [0, 0.1) is 0 Å². The van der Waals surface area contributed by atoms with Crippen LogP contribution < -0.4 is 9.64 Å². The number of alkyl halides is 3. The molecule has 32 heavy (non-hydrogen) atoms. The van der Waals surface area contributed by atoms with Crippen molar-refractivity contribution in [1.29, 1.82) is 0 Å². The minimum Gasteiger partial charge on any atom is -0.497 e. The fraction of sp³-hybridized carbons (Fsp3) is 0.333. The Morgan fingerprint density at radius 2 is 1.69 bits per heavy atom. The number of nitrogens with zero attached hydrogens (tertiary/aromatic N) is 1. The number of carbonyl (C=O) groups excluding carboxylic acids is 2. The fourth-order valence-corrected chi connectivity index (χ4v) is 3.21. The van der Waals surface area contributed by atoms with Gasteiger partial charge in [0.15, 0.2) is 0 Å². The highest BCUT2D eigenvalue weighted by Crippen LogP contribution is 2.35. The highest BCUT2D eigenvalue weighted by molar-refractivity contribution is 5.99. The van der Waals surface area contributed by atoms with Gasteiger partial charge in [0.2, 0.25) is 0 Å². The summed E-state index contributed by atoms with van der Waals surface area (Å²) in [4.78, 5) is 25.0. The number of hydrogen-bond donors (Lipinski definition) is 0. The summed E-state index contributed by atoms with van der Waals surface area (Å²) in [6.45, 7) is 5.24. The highest BCUT2D eigenvalue weighted by Gasteiger charge is 2.48. The van der Waals surface area contributed by atoms with E-state index in [1.54, 1.807) is 0 Å². The van der Waals surface area contributed by atoms with Crippen LogP contribution in [-0.4, -0.2) is 30.7 Å². The van der Waals surface area contributed by atoms with Gasteiger partial charge in [0, 0.05) is 12.1 Å². The molecule has 2 aromatic carbocycles. The summed E-state index contributed by atoms with van der Waals surface area (Å²) in [5.41, 5.74) is -0.513. The Hall–Kier alpha value is -3.29. The molecule has 0 fully saturated rings. The van der Waals surface area contributed by atoms with Crippen molar-refractivity contribution in [3.8, 4) is 5.75 Å². The van der Waals surface area contributed by atoms with Gasteiger partial charge >= 0.3 is 18.1 Å². The monoisotopic (exact) mass is 449 g/mol. The molecule has 0 saturated heterocycles. The van der Waals surface area contributed by atoms with Gasteiger partial charge in [-0.2, -0.15) is 13.2 Å². The van der Waals surface area contributed by atoms with Gasteiger partial charge in [-0.25, -0.2) is 0 Å². The molecule has 0 aliphatic carbocycles. The van der Waals surface area contributed by atoms with Crippen molar-refractivity contribution >= 4 is 17.6 Å². The van der Waals surface area contributed by atoms with Crippen LogP contribution in [0.15, 0.2) is 67.3 Å². The van der Waals surface area contributed by atoms with Gasteiger partial charge in [-0.05, 0) is 49.6 Å². The molecule has 5 nitrogen and oxygen atoms in total. The van der Waals surface area contributed by atoms with E-state index in [2.05, 4.69) is 6.58 Å². The van der Waals surface area contributed by atoms with Gasteiger partial charge in [-0.15, -0.1) is 6.58 Å². The lowest BCUT2D eigenvalue weighted by Gasteiger charge is -2.39. The average Bonchev–Trinajstić information content (AvgIpc) is 2.78. The van der Waals surface area contributed by atoms with Gasteiger partial charge < -0.3 is 9.47 Å². The highest BCUT2D eigenvalue weighted by atomic mass is 19.4. The van der Waals surface area contributed by atoms with E-state index < -0.39 is 23.6 Å². The van der Waals surface area contributed by atoms with Crippen molar-refractivity contribution in [2.24, 2.45) is 0 Å². The third-order valence-electron chi connectivity index (χ3n) is 5.03. The van der Waals surface area contributed by atoms with E-state index in [9.17, 15) is 22.8 Å². The van der Waals surface area contributed by atoms with E-state index in [1.165, 1.54) is 44.4 Å². The number of anilines is 1. The third kappa shape index (κ3) is 6.60. The predicted octanol–water partition coefficient (Wildman–Crippen LogP) is 5.45. The molecule has 0 radical (unpaired) electrons. The molecule has 0 aliphatic heterocycles. The Labute approximate surface area is 185 Å². The lowest BCUT2D eigenvalue weighted by molar-refractivity contribution is -0.171. The van der Waals surface area contributed by atoms with E-state index in [0.29, 0.717) is 10.6 Å². The molecule has 2 aromatic rings. The molecule has 0 aromatic heterocycles. The van der Waals surface area contributed by atoms with Crippen molar-refractivity contribution in [2.45, 2.75) is 44.5 Å². The molecular formula is C24H26F3NO4. The number of ether oxygens (including phenoxy) is 2. The first-order valence-electron chi connectivity index (χ1n) is 9.99. The van der Waals surface area contributed by atoms with Crippen LogP contribution in [0.1, 0.15) is 31.7 Å². The average molecular weight is 449 g/mol. The largest absolute Gasteiger partial charge is 0.497 e. The first-order chi connectivity index (χ1) is 15.1. The van der Waals surface area contributed by atoms with E-state index in [-0.39, 0.29) is 31.6 Å². The molecule has 0 unspecified atom stereocenters. The van der Waals surface area contributed by atoms with Gasteiger partial charge in [-0.1, -0.05) is 36.4 Å². The number of benzene rings is 2. The van der Waals surface area contributed by atoms with Crippen LogP contribution >= 0.6 is 0 Å². The Bertz CT molecular complexity index is 913. The molecule has 1 atom stereocenters. The van der Waals surface area contributed by atoms with Crippen molar-refractivity contribution in [3.63, 3.8) is 0 Å². The van der Waals surface area contributed by atoms with Gasteiger partial charge in [0.05, 0.1) is 12.6 Å². The maximum Gasteiger partial charge on any atom is 0.471 e. The molecule has 0 aliphatic rings. The number of methoxy groups -OCH3 is 1. The number of esters is 1. The summed E-state index contributed by atoms with van der Waals surface area (Å²) < 4.78 is 50.4. The molecule has 0 bridgehead atoms. The van der Waals surface area contributed by atoms with Crippen LogP contribution in [0.2, 0.25) is 0 Å². The van der Waals surface area contributed by atoms with E-state index in [1.807, 2.05) is 30.3 Å². The Kier molecular flexibility index (Phi) is 8.46. The van der Waals surface area contributed by atoms with Crippen LogP contribution in [-0.2, 0) is 20.9 Å². The second kappa shape index (κ2) is 10.8. The summed E-state index contributed by atoms with van der Waals surface area (Å²) >= 11 is 0. The minimum absolute atomic E-state index is 0.00702. The normalized spacial score (nSPS) is 13.0. The molecule has 0 heterocycles. The molecule has 1 amide bonds. The van der Waals surface area contributed by atoms with E-state index >= 15 is 0 Å². The van der Waals surface area contributed by atoms with Crippen LogP contribution in [0.25, 0.3) is 0 Å². The topological polar surface area (TPSA) is 55.8 Å². The second-order valence-corrected chi connectivity index (χ2v) is 7.40. The molecule has 172 valence electrons. The van der Waals surface area contributed by atoms with Gasteiger partial charge in [-0.3, -0.25) is 14.5 Å². The predicted molar refractivity (Wildman–Crippen MR) is 115 cm³/mol. The van der Waals surface area contributed by atoms with Crippen molar-refractivity contribution in [3.05, 3.63) is 72.8 Å². The number of rotatable bonds is 10. The SMILES string of the molecule is C=C[C@@](C)(CCCC(=O)OCc1ccccc1)N(C(=O)C(F)(F)F)c1ccc(OC)cc1. The molecule has 2 rings (SSSR count). The third-order valence-corrected chi connectivity index (χ3v) is 5.03. The molecular weight excluding hydrogens is 423 g/mol. The quantitative estimate of drug-likeness (QED) is 0.358. The van der Waals surface area contributed by atoms with Crippen LogP contribution in [0.3, 0.4) is 0 Å². The van der Waals surface area contributed by atoms with Crippen LogP contribution in [0.5, 0.6) is 5.75 Å². The number of amides is 1. The zero-order chi connectivity index (χ0) is 23.8. The maximum absolute atomic E-state index is 13.4. The summed E-state index contributed by atoms with van der Waals surface area (Å²) in [7, 11) is 1.43. The smallest absolute Gasteiger partial charge is 0.471 e. The van der Waals surface area contributed by atoms with Gasteiger partial charge in [0.1, 0.15) is 12.4 Å². The number of carbonyl (C=O) groups is 2. The Morgan fingerprint density at radius 1 is 1.06 bits per heavy atom. The second-order valence-electron chi connectivity index (χ2n) is 7.40. The van der Waals surface area contributed by atoms with Crippen molar-refractivity contribution < 1.29 is 32.2 Å². The summed E-state index contributed by atoms with van der Waals surface area (Å²) in [5.74, 6) is -2.05. The Morgan fingerprint density at radius 3 is 2.22 bits per heavy atom. The van der Waals surface area contributed by atoms with E-state index in [4.69, 9.17) is 9.47 Å². The standard InChI is InChI=1S/C24H26F3NO4/c1-4-23(2,16-8-11-21(29)32-17-18-9-6-5-7-10-18)28(22(30)24(25,26)27)19-12-14-20(31-3)15-13-19/h4-7,9-10,12-15H,1,8,11,16-17H2,2-3H3/t23-/m0/s1. The zero-order valence-corrected chi connectivity index (χ0v) is 18.0. The summed E-state index contributed by atoms with van der Waals surface area (Å²) in [5, 5.41) is 0. The lowest BCUT2D eigenvalue weighted by atomic mass is 9.91. The number of halogens is 3. The molecule has 0 N–H and O–H groups in total. The summed E-state index contributed by atoms with van der Waals surface area (Å²) in [6, 6.07) is 14.8. The summed E-state index contributed by atoms with van der Waals surface area (Å²) in [6.07, 6.45) is -3.53. The van der Waals surface area contributed by atoms with Crippen LogP contribution in [0.4, 0.5) is 18.9 Å². The molecule has 0 spiro atoms.